The smallest absolute Gasteiger partial charge is 0.320 e. The zero-order chi connectivity index (χ0) is 14.3. The van der Waals surface area contributed by atoms with Crippen LogP contribution in [0, 0.1) is 0 Å². The zero-order valence-corrected chi connectivity index (χ0v) is 11.6. The van der Waals surface area contributed by atoms with E-state index in [4.69, 9.17) is 23.2 Å². The number of carbonyl (C=O) groups is 2. The van der Waals surface area contributed by atoms with Crippen LogP contribution in [0.25, 0.3) is 0 Å². The minimum Gasteiger partial charge on any atom is -0.320 e. The number of anilines is 3. The molecule has 0 spiro atoms. The normalized spacial score (nSPS) is 13.1. The molecule has 100 valence electrons. The molecule has 0 saturated heterocycles. The lowest BCUT2D eigenvalue weighted by Gasteiger charge is -2.21. The van der Waals surface area contributed by atoms with Crippen molar-refractivity contribution in [3.05, 3.63) is 53.1 Å². The summed E-state index contributed by atoms with van der Waals surface area (Å²) in [6, 6.07) is 11.7. The lowest BCUT2D eigenvalue weighted by Crippen LogP contribution is -2.20. The lowest BCUT2D eigenvalue weighted by molar-refractivity contribution is 0.102. The number of benzene rings is 2. The number of nitrogens with zero attached hydrogens (tertiary/aromatic N) is 1. The molecule has 0 bridgehead atoms. The van der Waals surface area contributed by atoms with E-state index in [9.17, 15) is 9.59 Å². The molecule has 6 heteroatoms. The van der Waals surface area contributed by atoms with E-state index in [-0.39, 0.29) is 5.91 Å². The second-order valence-corrected chi connectivity index (χ2v) is 4.93. The molecule has 1 N–H and O–H groups in total. The van der Waals surface area contributed by atoms with Gasteiger partial charge in [-0.3, -0.25) is 14.5 Å². The van der Waals surface area contributed by atoms with Crippen LogP contribution >= 0.6 is 23.2 Å². The molecule has 0 atom stereocenters. The van der Waals surface area contributed by atoms with E-state index in [1.807, 2.05) is 0 Å². The summed E-state index contributed by atoms with van der Waals surface area (Å²) in [5.41, 5.74) is 1.56. The van der Waals surface area contributed by atoms with Crippen LogP contribution < -0.4 is 10.2 Å². The Morgan fingerprint density at radius 3 is 2.60 bits per heavy atom. The van der Waals surface area contributed by atoms with E-state index < -0.39 is 5.37 Å². The quantitative estimate of drug-likeness (QED) is 0.579. The van der Waals surface area contributed by atoms with Crippen LogP contribution in [0.3, 0.4) is 0 Å². The number of fused-ring (bicyclic) bond motifs is 2. The largest absolute Gasteiger partial charge is 0.325 e. The molecule has 2 amide bonds. The van der Waals surface area contributed by atoms with Crippen molar-refractivity contribution < 1.29 is 9.59 Å². The van der Waals surface area contributed by atoms with Gasteiger partial charge >= 0.3 is 5.37 Å². The monoisotopic (exact) mass is 306 g/mol. The fourth-order valence-electron chi connectivity index (χ4n) is 2.20. The molecule has 0 radical (unpaired) electrons. The van der Waals surface area contributed by atoms with Crippen LogP contribution in [0.2, 0.25) is 5.02 Å². The number of carbonyl (C=O) groups excluding carboxylic acids is 2. The van der Waals surface area contributed by atoms with E-state index in [0.29, 0.717) is 27.6 Å². The van der Waals surface area contributed by atoms with E-state index >= 15 is 0 Å². The molecule has 0 fully saturated rings. The number of nitrogens with one attached hydrogen (secondary N) is 1. The number of para-hydroxylation sites is 2. The standard InChI is InChI=1S/C14H8Cl2N2O2/c15-9-5-3-6-10-12(9)18(14(16)20)11-7-2-1-4-8(11)13(19)17-10/h1-7H,(H,17,19). The molecule has 4 nitrogen and oxygen atoms in total. The summed E-state index contributed by atoms with van der Waals surface area (Å²) < 4.78 is 0. The van der Waals surface area contributed by atoms with Crippen molar-refractivity contribution in [1.29, 1.82) is 0 Å². The van der Waals surface area contributed by atoms with Gasteiger partial charge in [0, 0.05) is 0 Å². The van der Waals surface area contributed by atoms with Crippen molar-refractivity contribution >= 4 is 51.5 Å². The first kappa shape index (κ1) is 13.0. The number of hydrogen-bond acceptors (Lipinski definition) is 2. The van der Waals surface area contributed by atoms with Crippen molar-refractivity contribution in [2.45, 2.75) is 0 Å². The molecule has 1 aliphatic heterocycles. The Bertz CT molecular complexity index is 731. The summed E-state index contributed by atoms with van der Waals surface area (Å²) in [7, 11) is 0. The van der Waals surface area contributed by atoms with Gasteiger partial charge in [-0.15, -0.1) is 0 Å². The van der Waals surface area contributed by atoms with Crippen molar-refractivity contribution in [3.63, 3.8) is 0 Å². The topological polar surface area (TPSA) is 49.4 Å². The van der Waals surface area contributed by atoms with Gasteiger partial charge in [-0.25, -0.2) is 0 Å². The van der Waals surface area contributed by atoms with Gasteiger partial charge in [-0.2, -0.15) is 0 Å². The van der Waals surface area contributed by atoms with Crippen molar-refractivity contribution in [1.82, 2.24) is 0 Å². The van der Waals surface area contributed by atoms with Crippen LogP contribution in [0.15, 0.2) is 42.5 Å². The summed E-state index contributed by atoms with van der Waals surface area (Å²) in [5, 5.41) is 2.32. The van der Waals surface area contributed by atoms with Gasteiger partial charge in [0.05, 0.1) is 27.6 Å². The molecule has 1 aliphatic rings. The first-order valence-electron chi connectivity index (χ1n) is 5.78. The number of hydrogen-bond donors (Lipinski definition) is 1. The van der Waals surface area contributed by atoms with Gasteiger partial charge < -0.3 is 5.32 Å². The van der Waals surface area contributed by atoms with E-state index in [1.54, 1.807) is 42.5 Å². The molecule has 0 aliphatic carbocycles. The summed E-state index contributed by atoms with van der Waals surface area (Å²) in [6.07, 6.45) is 0. The highest BCUT2D eigenvalue weighted by Crippen LogP contribution is 2.42. The highest BCUT2D eigenvalue weighted by atomic mass is 35.5. The van der Waals surface area contributed by atoms with Crippen LogP contribution in [0.4, 0.5) is 21.9 Å². The summed E-state index contributed by atoms with van der Waals surface area (Å²) in [5.74, 6) is -0.315. The molecule has 0 aromatic heterocycles. The van der Waals surface area contributed by atoms with E-state index in [0.717, 1.165) is 0 Å². The molecule has 3 rings (SSSR count). The van der Waals surface area contributed by atoms with Crippen molar-refractivity contribution in [2.75, 3.05) is 10.2 Å². The predicted octanol–water partition coefficient (Wildman–Crippen LogP) is 4.40. The zero-order valence-electron chi connectivity index (χ0n) is 10.1. The second kappa shape index (κ2) is 4.81. The van der Waals surface area contributed by atoms with Crippen LogP contribution in [0.1, 0.15) is 10.4 Å². The van der Waals surface area contributed by atoms with Crippen LogP contribution in [0.5, 0.6) is 0 Å². The van der Waals surface area contributed by atoms with Gasteiger partial charge in [-0.1, -0.05) is 29.8 Å². The summed E-state index contributed by atoms with van der Waals surface area (Å²) in [6.45, 7) is 0. The maximum absolute atomic E-state index is 12.2. The highest BCUT2D eigenvalue weighted by molar-refractivity contribution is 6.67. The average Bonchev–Trinajstić information content (AvgIpc) is 2.54. The maximum atomic E-state index is 12.2. The molecular formula is C14H8Cl2N2O2. The number of rotatable bonds is 0. The molecule has 20 heavy (non-hydrogen) atoms. The Labute approximate surface area is 124 Å². The second-order valence-electron chi connectivity index (χ2n) is 4.20. The van der Waals surface area contributed by atoms with Crippen molar-refractivity contribution in [3.8, 4) is 0 Å². The average molecular weight is 307 g/mol. The predicted molar refractivity (Wildman–Crippen MR) is 79.2 cm³/mol. The Morgan fingerprint density at radius 1 is 1.10 bits per heavy atom. The first-order valence-corrected chi connectivity index (χ1v) is 6.53. The minimum atomic E-state index is -0.733. The van der Waals surface area contributed by atoms with Gasteiger partial charge in [-0.05, 0) is 35.9 Å². The van der Waals surface area contributed by atoms with Gasteiger partial charge in [0.15, 0.2) is 0 Å². The number of halogens is 2. The molecular weight excluding hydrogens is 299 g/mol. The molecule has 2 aromatic rings. The third kappa shape index (κ3) is 1.94. The SMILES string of the molecule is O=C1Nc2cccc(Cl)c2N(C(=O)Cl)c2ccccc21. The maximum Gasteiger partial charge on any atom is 0.325 e. The van der Waals surface area contributed by atoms with Gasteiger partial charge in [0.25, 0.3) is 5.91 Å². The van der Waals surface area contributed by atoms with Gasteiger partial charge in [0.1, 0.15) is 0 Å². The van der Waals surface area contributed by atoms with Crippen LogP contribution in [-0.2, 0) is 0 Å². The molecule has 0 saturated carbocycles. The fraction of sp³-hybridized carbons (Fsp3) is 0. The lowest BCUT2D eigenvalue weighted by atomic mass is 10.1. The number of amides is 2. The van der Waals surface area contributed by atoms with E-state index in [1.165, 1.54) is 4.90 Å². The highest BCUT2D eigenvalue weighted by Gasteiger charge is 2.29. The van der Waals surface area contributed by atoms with E-state index in [2.05, 4.69) is 5.32 Å². The van der Waals surface area contributed by atoms with Crippen molar-refractivity contribution in [2.24, 2.45) is 0 Å². The molecule has 0 unspecified atom stereocenters. The Balaban J connectivity index is 2.36. The molecule has 2 aromatic carbocycles. The first-order chi connectivity index (χ1) is 9.59. The Hall–Kier alpha value is -2.04. The Morgan fingerprint density at radius 2 is 1.85 bits per heavy atom. The van der Waals surface area contributed by atoms with Gasteiger partial charge in [0.2, 0.25) is 0 Å². The summed E-state index contributed by atoms with van der Waals surface area (Å²) >= 11 is 11.9. The Kier molecular flexibility index (Phi) is 3.12. The minimum absolute atomic E-state index is 0.315. The summed E-state index contributed by atoms with van der Waals surface area (Å²) in [4.78, 5) is 25.3. The fourth-order valence-corrected chi connectivity index (χ4v) is 2.63. The molecule has 1 heterocycles. The third-order valence-corrected chi connectivity index (χ3v) is 3.50. The third-order valence-electron chi connectivity index (χ3n) is 3.02. The van der Waals surface area contributed by atoms with Crippen LogP contribution in [-0.4, -0.2) is 11.3 Å².